The molecule has 1 unspecified atom stereocenters. The number of carbonyl (C=O) groups excluding carboxylic acids is 1. The molecule has 0 saturated carbocycles. The number of sulfone groups is 1. The van der Waals surface area contributed by atoms with Crippen LogP contribution in [0.3, 0.4) is 0 Å². The van der Waals surface area contributed by atoms with Crippen molar-refractivity contribution in [3.63, 3.8) is 0 Å². The van der Waals surface area contributed by atoms with Crippen LogP contribution in [0.5, 0.6) is 0 Å². The van der Waals surface area contributed by atoms with Crippen LogP contribution in [0.25, 0.3) is 0 Å². The molecule has 1 saturated heterocycles. The first-order chi connectivity index (χ1) is 11.4. The average Bonchev–Trinajstić information content (AvgIpc) is 2.96. The fraction of sp³-hybridized carbons (Fsp3) is 0.765. The maximum absolute atomic E-state index is 12.7. The van der Waals surface area contributed by atoms with Gasteiger partial charge >= 0.3 is 0 Å². The van der Waals surface area contributed by atoms with Gasteiger partial charge in [-0.3, -0.25) is 4.79 Å². The summed E-state index contributed by atoms with van der Waals surface area (Å²) in [5, 5.41) is 6.36. The summed E-state index contributed by atoms with van der Waals surface area (Å²) in [4.78, 5) is 12.6. The van der Waals surface area contributed by atoms with E-state index in [1.807, 2.05) is 20.8 Å². The molecule has 1 fully saturated rings. The Morgan fingerprint density at radius 2 is 1.96 bits per heavy atom. The van der Waals surface area contributed by atoms with Crippen molar-refractivity contribution in [2.45, 2.75) is 70.1 Å². The molecule has 1 atom stereocenters. The largest absolute Gasteiger partial charge is 0.377 e. The van der Waals surface area contributed by atoms with Crippen LogP contribution in [0, 0.1) is 0 Å². The molecule has 8 heteroatoms. The van der Waals surface area contributed by atoms with Crippen LogP contribution in [0.2, 0.25) is 0 Å². The standard InChI is InChI=1S/C17H28N2O5S/c1-16(2,3)13-10-14(19-24-13)18-15(20)17(4,5)25(21,22)11-12-8-6-7-9-23-12/h10,12H,6-9,11H2,1-5H3,(H,18,19,20). The number of carbonyl (C=O) groups is 1. The van der Waals surface area contributed by atoms with Gasteiger partial charge in [-0.15, -0.1) is 0 Å². The summed E-state index contributed by atoms with van der Waals surface area (Å²) in [6.07, 6.45) is 2.25. The summed E-state index contributed by atoms with van der Waals surface area (Å²) < 4.78 is 34.6. The van der Waals surface area contributed by atoms with E-state index in [0.29, 0.717) is 18.8 Å². The van der Waals surface area contributed by atoms with E-state index in [2.05, 4.69) is 10.5 Å². The molecule has 0 bridgehead atoms. The van der Waals surface area contributed by atoms with E-state index in [0.717, 1.165) is 12.8 Å². The van der Waals surface area contributed by atoms with E-state index in [-0.39, 0.29) is 23.1 Å². The van der Waals surface area contributed by atoms with Gasteiger partial charge < -0.3 is 14.6 Å². The van der Waals surface area contributed by atoms with E-state index in [9.17, 15) is 13.2 Å². The van der Waals surface area contributed by atoms with Crippen LogP contribution in [-0.4, -0.2) is 42.7 Å². The molecule has 7 nitrogen and oxygen atoms in total. The first-order valence-electron chi connectivity index (χ1n) is 8.56. The topological polar surface area (TPSA) is 98.5 Å². The SMILES string of the molecule is CC(C)(C)c1cc(NC(=O)C(C)(C)S(=O)(=O)CC2CCCCO2)no1. The number of amides is 1. The third kappa shape index (κ3) is 4.61. The highest BCUT2D eigenvalue weighted by Gasteiger charge is 2.43. The zero-order valence-corrected chi connectivity index (χ0v) is 16.4. The molecule has 0 aliphatic carbocycles. The van der Waals surface area contributed by atoms with E-state index < -0.39 is 20.5 Å². The lowest BCUT2D eigenvalue weighted by atomic mass is 9.93. The Kier molecular flexibility index (Phi) is 5.63. The first-order valence-corrected chi connectivity index (χ1v) is 10.2. The summed E-state index contributed by atoms with van der Waals surface area (Å²) in [7, 11) is -3.70. The monoisotopic (exact) mass is 372 g/mol. The predicted octanol–water partition coefficient (Wildman–Crippen LogP) is 2.67. The number of rotatable bonds is 5. The Morgan fingerprint density at radius 1 is 1.28 bits per heavy atom. The van der Waals surface area contributed by atoms with Gasteiger partial charge in [-0.1, -0.05) is 25.9 Å². The van der Waals surface area contributed by atoms with Gasteiger partial charge in [0.1, 0.15) is 10.5 Å². The number of nitrogens with zero attached hydrogens (tertiary/aromatic N) is 1. The van der Waals surface area contributed by atoms with Crippen LogP contribution < -0.4 is 5.32 Å². The Bertz CT molecular complexity index is 710. The molecule has 0 radical (unpaired) electrons. The minimum absolute atomic E-state index is 0.153. The summed E-state index contributed by atoms with van der Waals surface area (Å²) in [5.74, 6) is 0.0442. The van der Waals surface area contributed by atoms with Crippen molar-refractivity contribution in [3.05, 3.63) is 11.8 Å². The van der Waals surface area contributed by atoms with Crippen molar-refractivity contribution in [2.75, 3.05) is 17.7 Å². The third-order valence-electron chi connectivity index (χ3n) is 4.49. The van der Waals surface area contributed by atoms with Crippen molar-refractivity contribution >= 4 is 21.6 Å². The normalized spacial score (nSPS) is 19.6. The minimum atomic E-state index is -3.70. The Balaban J connectivity index is 2.09. The fourth-order valence-electron chi connectivity index (χ4n) is 2.49. The van der Waals surface area contributed by atoms with Crippen molar-refractivity contribution in [3.8, 4) is 0 Å². The van der Waals surface area contributed by atoms with Gasteiger partial charge in [0.2, 0.25) is 5.91 Å². The molecule has 1 aliphatic heterocycles. The number of aromatic nitrogens is 1. The summed E-state index contributed by atoms with van der Waals surface area (Å²) in [6, 6.07) is 1.62. The minimum Gasteiger partial charge on any atom is -0.377 e. The van der Waals surface area contributed by atoms with Crippen LogP contribution in [0.15, 0.2) is 10.6 Å². The van der Waals surface area contributed by atoms with E-state index in [4.69, 9.17) is 9.26 Å². The zero-order chi connectivity index (χ0) is 18.9. The molecule has 1 N–H and O–H groups in total. The number of hydrogen-bond acceptors (Lipinski definition) is 6. The quantitative estimate of drug-likeness (QED) is 0.853. The van der Waals surface area contributed by atoms with Crippen molar-refractivity contribution in [2.24, 2.45) is 0 Å². The van der Waals surface area contributed by atoms with Crippen LogP contribution >= 0.6 is 0 Å². The highest BCUT2D eigenvalue weighted by Crippen LogP contribution is 2.27. The number of anilines is 1. The Hall–Kier alpha value is -1.41. The fourth-order valence-corrected chi connectivity index (χ4v) is 3.99. The summed E-state index contributed by atoms with van der Waals surface area (Å²) >= 11 is 0. The van der Waals surface area contributed by atoms with E-state index >= 15 is 0 Å². The molecule has 2 heterocycles. The molecule has 2 rings (SSSR count). The van der Waals surface area contributed by atoms with Gasteiger partial charge in [0.15, 0.2) is 15.7 Å². The van der Waals surface area contributed by atoms with Crippen LogP contribution in [0.4, 0.5) is 5.82 Å². The number of nitrogens with one attached hydrogen (secondary N) is 1. The molecule has 1 amide bonds. The van der Waals surface area contributed by atoms with Gasteiger partial charge in [0.25, 0.3) is 0 Å². The van der Waals surface area contributed by atoms with Gasteiger partial charge in [-0.25, -0.2) is 8.42 Å². The molecule has 0 spiro atoms. The molecule has 0 aromatic carbocycles. The maximum atomic E-state index is 12.7. The Labute approximate surface area is 149 Å². The molecule has 142 valence electrons. The van der Waals surface area contributed by atoms with Gasteiger partial charge in [0.05, 0.1) is 11.9 Å². The lowest BCUT2D eigenvalue weighted by Gasteiger charge is -2.28. The average molecular weight is 372 g/mol. The van der Waals surface area contributed by atoms with E-state index in [1.54, 1.807) is 6.07 Å². The van der Waals surface area contributed by atoms with Crippen molar-refractivity contribution in [1.29, 1.82) is 0 Å². The lowest BCUT2D eigenvalue weighted by Crippen LogP contribution is -2.48. The van der Waals surface area contributed by atoms with Crippen LogP contribution in [0.1, 0.15) is 59.6 Å². The lowest BCUT2D eigenvalue weighted by molar-refractivity contribution is -0.117. The molecule has 1 aromatic heterocycles. The van der Waals surface area contributed by atoms with Gasteiger partial charge in [0, 0.05) is 18.1 Å². The second-order valence-corrected chi connectivity index (χ2v) is 10.6. The van der Waals surface area contributed by atoms with Crippen molar-refractivity contribution < 1.29 is 22.5 Å². The second kappa shape index (κ2) is 7.07. The highest BCUT2D eigenvalue weighted by atomic mass is 32.2. The smallest absolute Gasteiger partial charge is 0.246 e. The molecule has 25 heavy (non-hydrogen) atoms. The van der Waals surface area contributed by atoms with Crippen LogP contribution in [-0.2, 0) is 24.8 Å². The first kappa shape index (κ1) is 19.9. The summed E-state index contributed by atoms with van der Waals surface area (Å²) in [5.41, 5.74) is -0.254. The molecular weight excluding hydrogens is 344 g/mol. The van der Waals surface area contributed by atoms with Gasteiger partial charge in [-0.2, -0.15) is 0 Å². The Morgan fingerprint density at radius 3 is 2.48 bits per heavy atom. The summed E-state index contributed by atoms with van der Waals surface area (Å²) in [6.45, 7) is 9.25. The molecular formula is C17H28N2O5S. The predicted molar refractivity (Wildman–Crippen MR) is 95.3 cm³/mol. The number of ether oxygens (including phenoxy) is 1. The molecule has 1 aliphatic rings. The van der Waals surface area contributed by atoms with Crippen molar-refractivity contribution in [1.82, 2.24) is 5.16 Å². The molecule has 1 aromatic rings. The highest BCUT2D eigenvalue weighted by molar-refractivity contribution is 7.93. The second-order valence-electron chi connectivity index (χ2n) is 8.06. The zero-order valence-electron chi connectivity index (χ0n) is 15.6. The van der Waals surface area contributed by atoms with Gasteiger partial charge in [-0.05, 0) is 33.1 Å². The maximum Gasteiger partial charge on any atom is 0.246 e. The third-order valence-corrected chi connectivity index (χ3v) is 7.05. The number of hydrogen-bond donors (Lipinski definition) is 1. The van der Waals surface area contributed by atoms with E-state index in [1.165, 1.54) is 13.8 Å².